The fourth-order valence-electron chi connectivity index (χ4n) is 7.52. The number of allylic oxidation sites excluding steroid dienone is 1. The van der Waals surface area contributed by atoms with Crippen LogP contribution in [0.25, 0.3) is 0 Å². The van der Waals surface area contributed by atoms with Crippen molar-refractivity contribution in [2.24, 2.45) is 5.41 Å². The number of halogens is 1. The molecule has 1 aromatic carbocycles. The minimum atomic E-state index is -3.46. The van der Waals surface area contributed by atoms with E-state index in [9.17, 15) is 17.6 Å². The van der Waals surface area contributed by atoms with E-state index in [1.54, 1.807) is 17.4 Å². The predicted octanol–water partition coefficient (Wildman–Crippen LogP) is 3.51. The van der Waals surface area contributed by atoms with Crippen molar-refractivity contribution in [3.63, 3.8) is 0 Å². The molecular formula is C34H46FN7O6S. The molecule has 2 aromatic rings. The minimum absolute atomic E-state index is 0.0345. The summed E-state index contributed by atoms with van der Waals surface area (Å²) < 4.78 is 61.2. The van der Waals surface area contributed by atoms with Crippen molar-refractivity contribution in [2.75, 3.05) is 63.9 Å². The summed E-state index contributed by atoms with van der Waals surface area (Å²) in [5.74, 6) is 0.526. The van der Waals surface area contributed by atoms with Gasteiger partial charge in [-0.05, 0) is 83.7 Å². The zero-order valence-electron chi connectivity index (χ0n) is 28.2. The molecule has 13 nitrogen and oxygen atoms in total. The molecule has 266 valence electrons. The Bertz CT molecular complexity index is 1650. The summed E-state index contributed by atoms with van der Waals surface area (Å²) in [6, 6.07) is 3.85. The van der Waals surface area contributed by atoms with Crippen molar-refractivity contribution in [2.45, 2.75) is 70.6 Å². The summed E-state index contributed by atoms with van der Waals surface area (Å²) in [5, 5.41) is 0. The van der Waals surface area contributed by atoms with E-state index in [1.165, 1.54) is 28.8 Å². The lowest BCUT2D eigenvalue weighted by Crippen LogP contribution is -2.61. The highest BCUT2D eigenvalue weighted by molar-refractivity contribution is 7.87. The van der Waals surface area contributed by atoms with Crippen LogP contribution < -0.4 is 14.4 Å². The molecule has 0 bridgehead atoms. The lowest BCUT2D eigenvalue weighted by Gasteiger charge is -2.54. The number of carbonyl (C=O) groups excluding carboxylic acids is 1. The fourth-order valence-corrected chi connectivity index (χ4v) is 8.87. The number of aromatic nitrogens is 2. The minimum Gasteiger partial charge on any atom is -0.495 e. The zero-order valence-corrected chi connectivity index (χ0v) is 29.0. The third-order valence-corrected chi connectivity index (χ3v) is 12.0. The lowest BCUT2D eigenvalue weighted by atomic mass is 9.72. The maximum atomic E-state index is 14.5. The third-order valence-electron chi connectivity index (χ3n) is 10.4. The average molecular weight is 700 g/mol. The van der Waals surface area contributed by atoms with E-state index >= 15 is 0 Å². The van der Waals surface area contributed by atoms with E-state index in [2.05, 4.69) is 24.5 Å². The van der Waals surface area contributed by atoms with Crippen LogP contribution in [-0.2, 0) is 19.7 Å². The van der Waals surface area contributed by atoms with Gasteiger partial charge in [-0.25, -0.2) is 14.4 Å². The zero-order chi connectivity index (χ0) is 34.2. The van der Waals surface area contributed by atoms with Gasteiger partial charge in [-0.3, -0.25) is 14.4 Å². The number of amides is 1. The van der Waals surface area contributed by atoms with Gasteiger partial charge in [0.1, 0.15) is 30.3 Å². The SMILES string of the molecule is CC(C)N(C(=O)c1cc(F)ccc1Oc1cncnc1N1CC2(CCN(C[C@@H]3CCC(NS(=O)(=O)N4CCC4)=CO3)CC2)C1)[C@H]1CCOC1. The highest BCUT2D eigenvalue weighted by atomic mass is 32.2. The van der Waals surface area contributed by atoms with Crippen LogP contribution in [0.5, 0.6) is 11.5 Å². The van der Waals surface area contributed by atoms with E-state index in [1.807, 2.05) is 13.8 Å². The molecule has 4 saturated heterocycles. The van der Waals surface area contributed by atoms with Gasteiger partial charge in [-0.1, -0.05) is 0 Å². The van der Waals surface area contributed by atoms with Crippen LogP contribution in [0.4, 0.5) is 10.2 Å². The molecule has 1 spiro atoms. The van der Waals surface area contributed by atoms with Crippen LogP contribution in [0.1, 0.15) is 62.7 Å². The Labute approximate surface area is 287 Å². The fraction of sp³-hybridized carbons (Fsp3) is 0.618. The van der Waals surface area contributed by atoms with Gasteiger partial charge in [0.05, 0.1) is 30.1 Å². The summed E-state index contributed by atoms with van der Waals surface area (Å²) in [4.78, 5) is 29.0. The van der Waals surface area contributed by atoms with E-state index < -0.39 is 16.0 Å². The lowest BCUT2D eigenvalue weighted by molar-refractivity contribution is 0.0293. The molecule has 0 aliphatic carbocycles. The van der Waals surface area contributed by atoms with Crippen molar-refractivity contribution in [1.29, 1.82) is 0 Å². The number of rotatable bonds is 11. The Balaban J connectivity index is 0.942. The first kappa shape index (κ1) is 33.9. The Hall–Kier alpha value is -3.53. The number of ether oxygens (including phenoxy) is 3. The molecule has 0 saturated carbocycles. The summed E-state index contributed by atoms with van der Waals surface area (Å²) >= 11 is 0. The van der Waals surface area contributed by atoms with Crippen LogP contribution >= 0.6 is 0 Å². The van der Waals surface area contributed by atoms with Gasteiger partial charge in [-0.2, -0.15) is 12.7 Å². The first-order chi connectivity index (χ1) is 23.6. The van der Waals surface area contributed by atoms with E-state index in [0.29, 0.717) is 50.0 Å². The highest BCUT2D eigenvalue weighted by Gasteiger charge is 2.46. The average Bonchev–Trinajstić information content (AvgIpc) is 3.55. The number of hydrogen-bond acceptors (Lipinski definition) is 10. The van der Waals surface area contributed by atoms with Crippen molar-refractivity contribution in [3.05, 3.63) is 54.1 Å². The number of carbonyl (C=O) groups is 1. The Morgan fingerprint density at radius 1 is 1.16 bits per heavy atom. The molecule has 5 aliphatic rings. The van der Waals surface area contributed by atoms with Gasteiger partial charge in [0.15, 0.2) is 11.6 Å². The molecule has 1 aromatic heterocycles. The van der Waals surface area contributed by atoms with Crippen molar-refractivity contribution in [1.82, 2.24) is 28.8 Å². The second-order valence-electron chi connectivity index (χ2n) is 14.2. The van der Waals surface area contributed by atoms with Crippen LogP contribution in [0, 0.1) is 11.2 Å². The molecular weight excluding hydrogens is 653 g/mol. The van der Waals surface area contributed by atoms with Crippen molar-refractivity contribution < 1.29 is 31.8 Å². The second kappa shape index (κ2) is 14.0. The van der Waals surface area contributed by atoms with Crippen LogP contribution in [0.15, 0.2) is 42.7 Å². The van der Waals surface area contributed by atoms with Crippen molar-refractivity contribution in [3.8, 4) is 11.5 Å². The molecule has 0 radical (unpaired) electrons. The normalized spacial score (nSPS) is 24.2. The predicted molar refractivity (Wildman–Crippen MR) is 180 cm³/mol. The number of likely N-dealkylation sites (tertiary alicyclic amines) is 1. The number of nitrogens with one attached hydrogen (secondary N) is 1. The first-order valence-electron chi connectivity index (χ1n) is 17.4. The van der Waals surface area contributed by atoms with Gasteiger partial charge < -0.3 is 24.0 Å². The van der Waals surface area contributed by atoms with Gasteiger partial charge in [0, 0.05) is 50.8 Å². The van der Waals surface area contributed by atoms with Gasteiger partial charge in [0.2, 0.25) is 0 Å². The molecule has 1 N–H and O–H groups in total. The van der Waals surface area contributed by atoms with E-state index in [0.717, 1.165) is 64.8 Å². The van der Waals surface area contributed by atoms with Crippen LogP contribution in [-0.4, -0.2) is 116 Å². The Morgan fingerprint density at radius 3 is 2.61 bits per heavy atom. The third kappa shape index (κ3) is 7.35. The molecule has 7 rings (SSSR count). The molecule has 0 unspecified atom stereocenters. The quantitative estimate of drug-likeness (QED) is 0.372. The van der Waals surface area contributed by atoms with E-state index in [-0.39, 0.29) is 40.8 Å². The maximum absolute atomic E-state index is 14.5. The van der Waals surface area contributed by atoms with Gasteiger partial charge in [-0.15, -0.1) is 0 Å². The smallest absolute Gasteiger partial charge is 0.301 e. The molecule has 49 heavy (non-hydrogen) atoms. The van der Waals surface area contributed by atoms with Gasteiger partial charge >= 0.3 is 10.2 Å². The second-order valence-corrected chi connectivity index (χ2v) is 15.9. The molecule has 2 atom stereocenters. The molecule has 1 amide bonds. The summed E-state index contributed by atoms with van der Waals surface area (Å²) in [5.41, 5.74) is 0.943. The van der Waals surface area contributed by atoms with Crippen LogP contribution in [0.3, 0.4) is 0 Å². The number of piperidine rings is 1. The Kier molecular flexibility index (Phi) is 9.70. The molecule has 4 fully saturated rings. The first-order valence-corrected chi connectivity index (χ1v) is 18.8. The van der Waals surface area contributed by atoms with Crippen molar-refractivity contribution >= 4 is 21.9 Å². The summed E-state index contributed by atoms with van der Waals surface area (Å²) in [6.07, 6.45) is 9.84. The summed E-state index contributed by atoms with van der Waals surface area (Å²) in [6.45, 7) is 10.5. The van der Waals surface area contributed by atoms with Gasteiger partial charge in [0.25, 0.3) is 5.91 Å². The number of nitrogens with zero attached hydrogens (tertiary/aromatic N) is 6. The number of benzene rings is 1. The van der Waals surface area contributed by atoms with E-state index in [4.69, 9.17) is 14.2 Å². The maximum Gasteiger partial charge on any atom is 0.301 e. The number of anilines is 1. The largest absolute Gasteiger partial charge is 0.495 e. The molecule has 15 heteroatoms. The Morgan fingerprint density at radius 2 is 1.96 bits per heavy atom. The van der Waals surface area contributed by atoms with Crippen LogP contribution in [0.2, 0.25) is 0 Å². The standard InChI is InChI=1S/C34H46FN7O6S/c1-24(2)42(27-8-15-46-20-27)33(43)29-16-25(35)4-7-30(29)48-31-17-36-23-37-32(31)40-21-34(22-40)9-13-39(14-10-34)18-28-6-5-26(19-47-28)38-49(44,45)41-11-3-12-41/h4,7,16-17,19,23-24,27-28,38H,3,5-6,8-15,18,20-22H2,1-2H3/t27-,28-/m0/s1. The molecule has 6 heterocycles. The monoisotopic (exact) mass is 699 g/mol. The topological polar surface area (TPSA) is 130 Å². The highest BCUT2D eigenvalue weighted by Crippen LogP contribution is 2.45. The molecule has 5 aliphatic heterocycles. The summed E-state index contributed by atoms with van der Waals surface area (Å²) in [7, 11) is -3.46. The number of hydrogen-bond donors (Lipinski definition) is 1.